The lowest BCUT2D eigenvalue weighted by atomic mass is 10.1. The summed E-state index contributed by atoms with van der Waals surface area (Å²) in [7, 11) is -3.60. The van der Waals surface area contributed by atoms with Gasteiger partial charge >= 0.3 is 5.97 Å². The molecule has 0 bridgehead atoms. The summed E-state index contributed by atoms with van der Waals surface area (Å²) >= 11 is 17.9. The number of nitrogens with zero attached hydrogens (tertiary/aromatic N) is 1. The van der Waals surface area contributed by atoms with E-state index >= 15 is 0 Å². The average molecular weight is 539 g/mol. The number of anilines is 1. The molecule has 0 spiro atoms. The quantitative estimate of drug-likeness (QED) is 0.411. The van der Waals surface area contributed by atoms with Crippen LogP contribution in [-0.4, -0.2) is 43.9 Å². The van der Waals surface area contributed by atoms with E-state index in [4.69, 9.17) is 39.5 Å². The van der Waals surface area contributed by atoms with Gasteiger partial charge in [-0.25, -0.2) is 13.2 Å². The first-order valence-electron chi connectivity index (χ1n) is 10.1. The minimum Gasteiger partial charge on any atom is -0.455 e. The largest absolute Gasteiger partial charge is 0.455 e. The Bertz CT molecular complexity index is 1310. The maximum atomic E-state index is 13.6. The molecule has 1 heterocycles. The summed E-state index contributed by atoms with van der Waals surface area (Å²) in [6, 6.07) is 17.7. The Hall–Kier alpha value is -2.58. The van der Waals surface area contributed by atoms with Gasteiger partial charge in [-0.3, -0.25) is 4.79 Å². The molecule has 1 fully saturated rings. The molecule has 0 N–H and O–H groups in total. The topological polar surface area (TPSA) is 80.8 Å². The molecule has 1 amide bonds. The summed E-state index contributed by atoms with van der Waals surface area (Å²) in [6.07, 6.45) is -1.08. The van der Waals surface area contributed by atoms with Gasteiger partial charge in [0.2, 0.25) is 0 Å². The molecule has 4 rings (SSSR count). The highest BCUT2D eigenvalue weighted by Crippen LogP contribution is 2.30. The second-order valence-corrected chi connectivity index (χ2v) is 11.2. The molecule has 1 saturated heterocycles. The molecule has 34 heavy (non-hydrogen) atoms. The van der Waals surface area contributed by atoms with E-state index in [2.05, 4.69) is 0 Å². The Balaban J connectivity index is 1.72. The molecule has 0 radical (unpaired) electrons. The fourth-order valence-electron chi connectivity index (χ4n) is 3.73. The van der Waals surface area contributed by atoms with Crippen LogP contribution in [0.1, 0.15) is 20.7 Å². The van der Waals surface area contributed by atoms with Gasteiger partial charge in [-0.1, -0.05) is 34.8 Å². The Labute approximate surface area is 211 Å². The van der Waals surface area contributed by atoms with E-state index in [9.17, 15) is 18.0 Å². The lowest BCUT2D eigenvalue weighted by Gasteiger charge is -2.32. The van der Waals surface area contributed by atoms with Gasteiger partial charge < -0.3 is 9.64 Å². The van der Waals surface area contributed by atoms with E-state index in [1.54, 1.807) is 48.5 Å². The van der Waals surface area contributed by atoms with Crippen molar-refractivity contribution < 1.29 is 22.7 Å². The number of sulfone groups is 1. The third kappa shape index (κ3) is 5.55. The number of hydrogen-bond acceptors (Lipinski definition) is 5. The maximum absolute atomic E-state index is 13.6. The molecule has 1 aliphatic heterocycles. The van der Waals surface area contributed by atoms with Crippen molar-refractivity contribution in [2.24, 2.45) is 0 Å². The molecule has 1 aliphatic rings. The molecular weight excluding hydrogens is 521 g/mol. The number of hydrogen-bond donors (Lipinski definition) is 0. The Morgan fingerprint density at radius 1 is 0.735 bits per heavy atom. The number of rotatable bonds is 5. The number of amides is 1. The highest BCUT2D eigenvalue weighted by atomic mass is 35.5. The van der Waals surface area contributed by atoms with Crippen molar-refractivity contribution in [2.45, 2.75) is 12.1 Å². The first-order valence-corrected chi connectivity index (χ1v) is 13.1. The van der Waals surface area contributed by atoms with Crippen molar-refractivity contribution in [2.75, 3.05) is 16.4 Å². The van der Waals surface area contributed by atoms with Crippen molar-refractivity contribution in [3.05, 3.63) is 99.0 Å². The second-order valence-electron chi connectivity index (χ2n) is 7.75. The summed E-state index contributed by atoms with van der Waals surface area (Å²) in [4.78, 5) is 27.7. The molecule has 3 aromatic rings. The lowest BCUT2D eigenvalue weighted by Crippen LogP contribution is -2.48. The van der Waals surface area contributed by atoms with Crippen LogP contribution in [0.3, 0.4) is 0 Å². The van der Waals surface area contributed by atoms with Crippen molar-refractivity contribution >= 4 is 62.2 Å². The van der Waals surface area contributed by atoms with Gasteiger partial charge in [-0.15, -0.1) is 0 Å². The van der Waals surface area contributed by atoms with Crippen molar-refractivity contribution in [1.82, 2.24) is 0 Å². The zero-order valence-electron chi connectivity index (χ0n) is 17.5. The predicted octanol–water partition coefficient (Wildman–Crippen LogP) is 5.32. The average Bonchev–Trinajstić information content (AvgIpc) is 3.09. The summed E-state index contributed by atoms with van der Waals surface area (Å²) in [5, 5.41) is 1.35. The number of benzene rings is 3. The van der Waals surface area contributed by atoms with E-state index in [1.165, 1.54) is 29.2 Å². The molecule has 6 nitrogen and oxygen atoms in total. The number of carbonyl (C=O) groups is 2. The first kappa shape index (κ1) is 24.5. The fourth-order valence-corrected chi connectivity index (χ4v) is 5.92. The van der Waals surface area contributed by atoms with Crippen LogP contribution < -0.4 is 4.90 Å². The Kier molecular flexibility index (Phi) is 7.19. The molecule has 3 aromatic carbocycles. The smallest absolute Gasteiger partial charge is 0.338 e. The highest BCUT2D eigenvalue weighted by molar-refractivity contribution is 7.91. The van der Waals surface area contributed by atoms with E-state index in [0.717, 1.165) is 0 Å². The van der Waals surface area contributed by atoms with Crippen LogP contribution in [0.2, 0.25) is 15.1 Å². The van der Waals surface area contributed by atoms with Gasteiger partial charge in [-0.05, 0) is 72.8 Å². The van der Waals surface area contributed by atoms with Crippen LogP contribution in [0.25, 0.3) is 0 Å². The number of carbonyl (C=O) groups excluding carboxylic acids is 2. The fraction of sp³-hybridized carbons (Fsp3) is 0.167. The minimum absolute atomic E-state index is 0.217. The third-order valence-corrected chi connectivity index (χ3v) is 7.80. The summed E-state index contributed by atoms with van der Waals surface area (Å²) < 4.78 is 30.9. The van der Waals surface area contributed by atoms with E-state index in [0.29, 0.717) is 26.3 Å². The normalized spacial score (nSPS) is 18.9. The van der Waals surface area contributed by atoms with E-state index in [-0.39, 0.29) is 11.3 Å². The third-order valence-electron chi connectivity index (χ3n) is 5.36. The second kappa shape index (κ2) is 9.96. The Morgan fingerprint density at radius 3 is 1.74 bits per heavy atom. The zero-order chi connectivity index (χ0) is 24.5. The van der Waals surface area contributed by atoms with Gasteiger partial charge in [-0.2, -0.15) is 0 Å². The van der Waals surface area contributed by atoms with Gasteiger partial charge in [0, 0.05) is 26.3 Å². The zero-order valence-corrected chi connectivity index (χ0v) is 20.6. The summed E-state index contributed by atoms with van der Waals surface area (Å²) in [5.41, 5.74) is 0.930. The van der Waals surface area contributed by atoms with E-state index < -0.39 is 39.6 Å². The number of halogens is 3. The predicted molar refractivity (Wildman–Crippen MR) is 133 cm³/mol. The van der Waals surface area contributed by atoms with Gasteiger partial charge in [0.05, 0.1) is 23.1 Å². The molecule has 0 aliphatic carbocycles. The van der Waals surface area contributed by atoms with Crippen molar-refractivity contribution in [1.29, 1.82) is 0 Å². The molecular formula is C24H18Cl3NO5S. The monoisotopic (exact) mass is 537 g/mol. The lowest BCUT2D eigenvalue weighted by molar-refractivity contribution is 0.0314. The molecule has 0 saturated carbocycles. The number of ether oxygens (including phenoxy) is 1. The van der Waals surface area contributed by atoms with Crippen LogP contribution in [0.5, 0.6) is 0 Å². The van der Waals surface area contributed by atoms with Crippen LogP contribution in [0.4, 0.5) is 5.69 Å². The van der Waals surface area contributed by atoms with E-state index in [1.807, 2.05) is 0 Å². The van der Waals surface area contributed by atoms with Crippen molar-refractivity contribution in [3.8, 4) is 0 Å². The maximum Gasteiger partial charge on any atom is 0.338 e. The van der Waals surface area contributed by atoms with Crippen LogP contribution in [0, 0.1) is 0 Å². The molecule has 2 atom stereocenters. The molecule has 176 valence electrons. The SMILES string of the molecule is O=C(O[C@@H]1CS(=O)(=O)C[C@@H]1N(C(=O)c1ccc(Cl)cc1)c1ccc(Cl)cc1)c1ccc(Cl)cc1. The molecule has 0 unspecified atom stereocenters. The van der Waals surface area contributed by atoms with Crippen LogP contribution in [-0.2, 0) is 14.6 Å². The number of esters is 1. The Morgan fingerprint density at radius 2 is 1.21 bits per heavy atom. The summed E-state index contributed by atoms with van der Waals surface area (Å²) in [5.74, 6) is -1.95. The van der Waals surface area contributed by atoms with Gasteiger partial charge in [0.15, 0.2) is 9.84 Å². The van der Waals surface area contributed by atoms with Crippen LogP contribution in [0.15, 0.2) is 72.8 Å². The minimum atomic E-state index is -3.60. The molecule has 10 heteroatoms. The standard InChI is InChI=1S/C24H18Cl3NO5S/c25-17-5-1-15(2-6-17)23(29)28(20-11-9-19(27)10-12-20)21-13-34(31,32)14-22(21)33-24(30)16-3-7-18(26)8-4-16/h1-12,21-22H,13-14H2/t21-,22+/m0/s1. The van der Waals surface area contributed by atoms with Crippen molar-refractivity contribution in [3.63, 3.8) is 0 Å². The highest BCUT2D eigenvalue weighted by Gasteiger charge is 2.46. The van der Waals surface area contributed by atoms with Gasteiger partial charge in [0.1, 0.15) is 6.10 Å². The van der Waals surface area contributed by atoms with Crippen LogP contribution >= 0.6 is 34.8 Å². The van der Waals surface area contributed by atoms with Gasteiger partial charge in [0.25, 0.3) is 5.91 Å². The first-order chi connectivity index (χ1) is 16.1. The summed E-state index contributed by atoms with van der Waals surface area (Å²) in [6.45, 7) is 0. The molecule has 0 aromatic heterocycles.